The summed E-state index contributed by atoms with van der Waals surface area (Å²) in [5.41, 5.74) is 1.02. The number of nitrogens with zero attached hydrogens (tertiary/aromatic N) is 1. The third-order valence-corrected chi connectivity index (χ3v) is 6.14. The predicted molar refractivity (Wildman–Crippen MR) is 92.6 cm³/mol. The second kappa shape index (κ2) is 8.60. The minimum atomic E-state index is -3.60. The monoisotopic (exact) mass is 354 g/mol. The third-order valence-electron chi connectivity index (χ3n) is 4.10. The van der Waals surface area contributed by atoms with E-state index in [1.165, 1.54) is 10.4 Å². The van der Waals surface area contributed by atoms with E-state index in [4.69, 9.17) is 4.74 Å². The third kappa shape index (κ3) is 4.55. The number of carbonyl (C=O) groups excluding carboxylic acids is 1. The molecule has 6 nitrogen and oxygen atoms in total. The number of ether oxygens (including phenoxy) is 1. The molecule has 1 aromatic carbocycles. The first kappa shape index (κ1) is 18.9. The van der Waals surface area contributed by atoms with E-state index in [1.54, 1.807) is 19.1 Å². The molecule has 1 aliphatic heterocycles. The van der Waals surface area contributed by atoms with E-state index in [1.807, 2.05) is 0 Å². The summed E-state index contributed by atoms with van der Waals surface area (Å²) in [7, 11) is -3.60. The number of aryl methyl sites for hydroxylation is 1. The number of unbranched alkanes of at least 4 members (excludes halogenated alkanes) is 2. The highest BCUT2D eigenvalue weighted by atomic mass is 32.2. The van der Waals surface area contributed by atoms with Crippen LogP contribution in [0.3, 0.4) is 0 Å². The Morgan fingerprint density at radius 3 is 2.62 bits per heavy atom. The molecule has 1 aliphatic rings. The van der Waals surface area contributed by atoms with E-state index >= 15 is 0 Å². The lowest BCUT2D eigenvalue weighted by atomic mass is 10.1. The van der Waals surface area contributed by atoms with Gasteiger partial charge in [-0.1, -0.05) is 25.8 Å². The molecule has 2 rings (SSSR count). The fraction of sp³-hybridized carbons (Fsp3) is 0.588. The van der Waals surface area contributed by atoms with E-state index in [9.17, 15) is 13.2 Å². The number of nitrogens with one attached hydrogen (secondary N) is 1. The Hall–Kier alpha value is -1.44. The van der Waals surface area contributed by atoms with E-state index < -0.39 is 10.0 Å². The fourth-order valence-corrected chi connectivity index (χ4v) is 4.28. The highest BCUT2D eigenvalue weighted by Crippen LogP contribution is 2.22. The van der Waals surface area contributed by atoms with Crippen molar-refractivity contribution in [3.05, 3.63) is 29.3 Å². The Bertz CT molecular complexity index is 667. The van der Waals surface area contributed by atoms with Crippen LogP contribution in [0.25, 0.3) is 0 Å². The molecule has 1 amide bonds. The Kier molecular flexibility index (Phi) is 6.77. The normalized spacial score (nSPS) is 16.1. The smallest absolute Gasteiger partial charge is 0.251 e. The summed E-state index contributed by atoms with van der Waals surface area (Å²) in [6.45, 7) is 5.93. The molecule has 0 atom stereocenters. The highest BCUT2D eigenvalue weighted by Gasteiger charge is 2.28. The maximum atomic E-state index is 12.8. The zero-order valence-electron chi connectivity index (χ0n) is 14.4. The standard InChI is InChI=1S/C17H26N2O4S/c1-3-4-5-8-18-17(20)15-7-6-14(2)16(13-15)24(21,22)19-9-11-23-12-10-19/h6-7,13H,3-5,8-12H2,1-2H3,(H,18,20). The zero-order valence-corrected chi connectivity index (χ0v) is 15.2. The van der Waals surface area contributed by atoms with Crippen LogP contribution in [-0.4, -0.2) is 51.5 Å². The molecule has 0 saturated carbocycles. The van der Waals surface area contributed by atoms with Gasteiger partial charge in [0.15, 0.2) is 0 Å². The number of sulfonamides is 1. The van der Waals surface area contributed by atoms with Crippen LogP contribution in [0.5, 0.6) is 0 Å². The van der Waals surface area contributed by atoms with Crippen molar-refractivity contribution in [3.63, 3.8) is 0 Å². The fourth-order valence-electron chi connectivity index (χ4n) is 2.62. The van der Waals surface area contributed by atoms with Crippen LogP contribution in [0.4, 0.5) is 0 Å². The van der Waals surface area contributed by atoms with Crippen LogP contribution in [0.1, 0.15) is 42.1 Å². The first-order valence-corrected chi connectivity index (χ1v) is 9.87. The molecule has 24 heavy (non-hydrogen) atoms. The number of morpholine rings is 1. The van der Waals surface area contributed by atoms with Crippen LogP contribution in [0.2, 0.25) is 0 Å². The molecule has 0 spiro atoms. The average molecular weight is 354 g/mol. The van der Waals surface area contributed by atoms with Crippen molar-refractivity contribution in [2.24, 2.45) is 0 Å². The lowest BCUT2D eigenvalue weighted by Crippen LogP contribution is -2.41. The van der Waals surface area contributed by atoms with Crippen LogP contribution in [0, 0.1) is 6.92 Å². The molecular weight excluding hydrogens is 328 g/mol. The van der Waals surface area contributed by atoms with Gasteiger partial charge in [0.1, 0.15) is 0 Å². The molecule has 134 valence electrons. The van der Waals surface area contributed by atoms with Gasteiger partial charge in [0, 0.05) is 25.2 Å². The van der Waals surface area contributed by atoms with Crippen LogP contribution >= 0.6 is 0 Å². The van der Waals surface area contributed by atoms with Gasteiger partial charge in [-0.3, -0.25) is 4.79 Å². The molecule has 1 heterocycles. The summed E-state index contributed by atoms with van der Waals surface area (Å²) in [4.78, 5) is 12.4. The molecule has 0 radical (unpaired) electrons. The van der Waals surface area contributed by atoms with Crippen LogP contribution in [0.15, 0.2) is 23.1 Å². The number of hydrogen-bond donors (Lipinski definition) is 1. The van der Waals surface area contributed by atoms with Gasteiger partial charge in [-0.15, -0.1) is 0 Å². The van der Waals surface area contributed by atoms with Gasteiger partial charge >= 0.3 is 0 Å². The first-order valence-electron chi connectivity index (χ1n) is 8.43. The molecule has 0 aromatic heterocycles. The second-order valence-corrected chi connectivity index (χ2v) is 7.87. The number of benzene rings is 1. The van der Waals surface area contributed by atoms with Gasteiger partial charge in [0.2, 0.25) is 10.0 Å². The van der Waals surface area contributed by atoms with Crippen molar-refractivity contribution in [2.75, 3.05) is 32.8 Å². The molecular formula is C17H26N2O4S. The number of amides is 1. The summed E-state index contributed by atoms with van der Waals surface area (Å²) in [5, 5.41) is 2.84. The molecule has 0 unspecified atom stereocenters. The maximum Gasteiger partial charge on any atom is 0.251 e. The minimum absolute atomic E-state index is 0.200. The molecule has 1 aromatic rings. The van der Waals surface area contributed by atoms with Gasteiger partial charge in [-0.05, 0) is 31.0 Å². The van der Waals surface area contributed by atoms with E-state index in [0.29, 0.717) is 44.0 Å². The molecule has 0 aliphatic carbocycles. The van der Waals surface area contributed by atoms with E-state index in [-0.39, 0.29) is 10.8 Å². The zero-order chi connectivity index (χ0) is 17.6. The maximum absolute atomic E-state index is 12.8. The van der Waals surface area contributed by atoms with E-state index in [0.717, 1.165) is 19.3 Å². The minimum Gasteiger partial charge on any atom is -0.379 e. The largest absolute Gasteiger partial charge is 0.379 e. The number of hydrogen-bond acceptors (Lipinski definition) is 4. The van der Waals surface area contributed by atoms with Gasteiger partial charge in [-0.25, -0.2) is 8.42 Å². The van der Waals surface area contributed by atoms with Crippen molar-refractivity contribution in [1.82, 2.24) is 9.62 Å². The van der Waals surface area contributed by atoms with Crippen molar-refractivity contribution in [3.8, 4) is 0 Å². The molecule has 0 bridgehead atoms. The second-order valence-electron chi connectivity index (χ2n) is 5.96. The Morgan fingerprint density at radius 2 is 1.96 bits per heavy atom. The van der Waals surface area contributed by atoms with Gasteiger partial charge in [0.05, 0.1) is 18.1 Å². The molecule has 1 fully saturated rings. The van der Waals surface area contributed by atoms with Crippen LogP contribution < -0.4 is 5.32 Å². The number of carbonyl (C=O) groups is 1. The summed E-state index contributed by atoms with van der Waals surface area (Å²) >= 11 is 0. The van der Waals surface area contributed by atoms with Gasteiger partial charge in [-0.2, -0.15) is 4.31 Å². The molecule has 1 N–H and O–H groups in total. The van der Waals surface area contributed by atoms with Crippen molar-refractivity contribution in [1.29, 1.82) is 0 Å². The Balaban J connectivity index is 2.17. The van der Waals surface area contributed by atoms with E-state index in [2.05, 4.69) is 12.2 Å². The Morgan fingerprint density at radius 1 is 1.25 bits per heavy atom. The molecule has 7 heteroatoms. The van der Waals surface area contributed by atoms with Crippen molar-refractivity contribution >= 4 is 15.9 Å². The summed E-state index contributed by atoms with van der Waals surface area (Å²) < 4.78 is 32.3. The summed E-state index contributed by atoms with van der Waals surface area (Å²) in [5.74, 6) is -0.232. The molecule has 1 saturated heterocycles. The summed E-state index contributed by atoms with van der Waals surface area (Å²) in [6, 6.07) is 4.84. The predicted octanol–water partition coefficient (Wildman–Crippen LogP) is 1.94. The lowest BCUT2D eigenvalue weighted by Gasteiger charge is -2.26. The van der Waals surface area contributed by atoms with Crippen molar-refractivity contribution < 1.29 is 17.9 Å². The SMILES string of the molecule is CCCCCNC(=O)c1ccc(C)c(S(=O)(=O)N2CCOCC2)c1. The highest BCUT2D eigenvalue weighted by molar-refractivity contribution is 7.89. The number of rotatable bonds is 7. The topological polar surface area (TPSA) is 75.7 Å². The first-order chi connectivity index (χ1) is 11.5. The lowest BCUT2D eigenvalue weighted by molar-refractivity contribution is 0.0730. The van der Waals surface area contributed by atoms with Gasteiger partial charge < -0.3 is 10.1 Å². The summed E-state index contributed by atoms with van der Waals surface area (Å²) in [6.07, 6.45) is 3.07. The average Bonchev–Trinajstić information content (AvgIpc) is 2.59. The Labute approximate surface area is 144 Å². The quantitative estimate of drug-likeness (QED) is 0.759. The van der Waals surface area contributed by atoms with Crippen molar-refractivity contribution in [2.45, 2.75) is 38.0 Å². The van der Waals surface area contributed by atoms with Crippen LogP contribution in [-0.2, 0) is 14.8 Å². The van der Waals surface area contributed by atoms with Gasteiger partial charge in [0.25, 0.3) is 5.91 Å².